The number of para-hydroxylation sites is 2. The molecule has 0 spiro atoms. The van der Waals surface area contributed by atoms with Crippen molar-refractivity contribution in [3.63, 3.8) is 0 Å². The summed E-state index contributed by atoms with van der Waals surface area (Å²) < 4.78 is 5.46. The minimum absolute atomic E-state index is 0.357. The lowest BCUT2D eigenvalue weighted by Gasteiger charge is -2.23. The molecule has 0 fully saturated rings. The number of urea groups is 1. The Hall–Kier alpha value is -2.82. The standard InChI is InChI=1S/C17H16N2O3.C2H6/c1-11(20)22-16-10-12-6-2-4-8-14(12)19(17(18)21)15-9-5-3-7-13(15)16;1-2/h2-9,16H,10H2,1H3,(H2,18,21);1-2H3/t16-;/m0./s1. The minimum Gasteiger partial charge on any atom is -0.457 e. The smallest absolute Gasteiger partial charge is 0.323 e. The lowest BCUT2D eigenvalue weighted by Crippen LogP contribution is -2.32. The number of nitrogens with zero attached hydrogens (tertiary/aromatic N) is 1. The molecule has 5 nitrogen and oxygen atoms in total. The van der Waals surface area contributed by atoms with Gasteiger partial charge in [0.2, 0.25) is 0 Å². The Morgan fingerprint density at radius 2 is 1.62 bits per heavy atom. The SMILES string of the molecule is CC.CC(=O)O[C@H]1Cc2ccccc2N(C(N)=O)c2ccccc21. The summed E-state index contributed by atoms with van der Waals surface area (Å²) in [6.07, 6.45) is 0.0514. The van der Waals surface area contributed by atoms with Gasteiger partial charge in [-0.1, -0.05) is 50.2 Å². The van der Waals surface area contributed by atoms with Crippen LogP contribution in [0.2, 0.25) is 0 Å². The number of ether oxygens (including phenoxy) is 1. The van der Waals surface area contributed by atoms with E-state index in [2.05, 4.69) is 0 Å². The number of esters is 1. The van der Waals surface area contributed by atoms with Crippen molar-refractivity contribution < 1.29 is 14.3 Å². The highest BCUT2D eigenvalue weighted by atomic mass is 16.5. The molecule has 5 heteroatoms. The first-order valence-corrected chi connectivity index (χ1v) is 8.01. The zero-order valence-corrected chi connectivity index (χ0v) is 14.2. The van der Waals surface area contributed by atoms with Crippen LogP contribution in [0.1, 0.15) is 38.0 Å². The van der Waals surface area contributed by atoms with Gasteiger partial charge in [0, 0.05) is 18.9 Å². The van der Waals surface area contributed by atoms with E-state index in [0.717, 1.165) is 16.8 Å². The Bertz CT molecular complexity index is 743. The Labute approximate surface area is 142 Å². The van der Waals surface area contributed by atoms with Crippen molar-refractivity contribution >= 4 is 23.4 Å². The highest BCUT2D eigenvalue weighted by Crippen LogP contribution is 2.41. The number of carbonyl (C=O) groups is 2. The van der Waals surface area contributed by atoms with Crippen molar-refractivity contribution in [3.8, 4) is 0 Å². The molecule has 0 aromatic heterocycles. The summed E-state index contributed by atoms with van der Waals surface area (Å²) in [5, 5.41) is 0. The quantitative estimate of drug-likeness (QED) is 0.802. The van der Waals surface area contributed by atoms with Crippen LogP contribution in [0.4, 0.5) is 16.2 Å². The Balaban J connectivity index is 0.00000100. The van der Waals surface area contributed by atoms with Gasteiger partial charge in [-0.15, -0.1) is 0 Å². The fourth-order valence-corrected chi connectivity index (χ4v) is 2.85. The summed E-state index contributed by atoms with van der Waals surface area (Å²) >= 11 is 0. The highest BCUT2D eigenvalue weighted by molar-refractivity contribution is 6.00. The first-order chi connectivity index (χ1) is 11.6. The molecule has 2 N–H and O–H groups in total. The van der Waals surface area contributed by atoms with E-state index >= 15 is 0 Å². The van der Waals surface area contributed by atoms with Crippen LogP contribution in [0, 0.1) is 0 Å². The van der Waals surface area contributed by atoms with Crippen molar-refractivity contribution in [3.05, 3.63) is 59.7 Å². The van der Waals surface area contributed by atoms with Gasteiger partial charge in [-0.2, -0.15) is 0 Å². The van der Waals surface area contributed by atoms with E-state index < -0.39 is 12.1 Å². The molecule has 1 heterocycles. The molecular weight excluding hydrogens is 304 g/mol. The van der Waals surface area contributed by atoms with Crippen molar-refractivity contribution in [1.29, 1.82) is 0 Å². The van der Waals surface area contributed by atoms with E-state index in [1.165, 1.54) is 11.8 Å². The minimum atomic E-state index is -0.566. The average Bonchev–Trinajstić information content (AvgIpc) is 2.70. The van der Waals surface area contributed by atoms with Gasteiger partial charge in [0.1, 0.15) is 6.10 Å². The zero-order chi connectivity index (χ0) is 17.7. The van der Waals surface area contributed by atoms with Gasteiger partial charge in [0.15, 0.2) is 0 Å². The lowest BCUT2D eigenvalue weighted by atomic mass is 10.0. The number of anilines is 2. The number of hydrogen-bond acceptors (Lipinski definition) is 3. The van der Waals surface area contributed by atoms with E-state index in [-0.39, 0.29) is 5.97 Å². The van der Waals surface area contributed by atoms with Gasteiger partial charge in [-0.3, -0.25) is 9.69 Å². The number of carbonyl (C=O) groups excluding carboxylic acids is 2. The maximum absolute atomic E-state index is 12.0. The monoisotopic (exact) mass is 326 g/mol. The lowest BCUT2D eigenvalue weighted by molar-refractivity contribution is -0.146. The second kappa shape index (κ2) is 7.64. The molecule has 0 saturated heterocycles. The Kier molecular flexibility index (Phi) is 5.58. The third-order valence-corrected chi connectivity index (χ3v) is 3.69. The normalized spacial score (nSPS) is 15.1. The molecule has 1 aliphatic heterocycles. The van der Waals surface area contributed by atoms with Crippen LogP contribution < -0.4 is 10.6 Å². The molecule has 0 unspecified atom stereocenters. The number of fused-ring (bicyclic) bond motifs is 2. The summed E-state index contributed by atoms with van der Waals surface area (Å²) in [7, 11) is 0. The number of benzene rings is 2. The maximum atomic E-state index is 12.0. The van der Waals surface area contributed by atoms with E-state index in [4.69, 9.17) is 10.5 Å². The number of primary amides is 1. The summed E-state index contributed by atoms with van der Waals surface area (Å²) in [6.45, 7) is 5.38. The van der Waals surface area contributed by atoms with Crippen molar-refractivity contribution in [1.82, 2.24) is 0 Å². The van der Waals surface area contributed by atoms with E-state index in [1.54, 1.807) is 6.07 Å². The molecule has 1 atom stereocenters. The van der Waals surface area contributed by atoms with Crippen LogP contribution in [0.3, 0.4) is 0 Å². The third kappa shape index (κ3) is 3.40. The topological polar surface area (TPSA) is 72.6 Å². The zero-order valence-electron chi connectivity index (χ0n) is 14.2. The van der Waals surface area contributed by atoms with Crippen LogP contribution >= 0.6 is 0 Å². The van der Waals surface area contributed by atoms with Gasteiger partial charge in [-0.25, -0.2) is 4.79 Å². The molecule has 2 aromatic carbocycles. The molecule has 1 aliphatic rings. The molecule has 2 aromatic rings. The molecule has 3 rings (SSSR count). The second-order valence-corrected chi connectivity index (χ2v) is 5.16. The predicted molar refractivity (Wildman–Crippen MR) is 94.2 cm³/mol. The number of amides is 2. The molecule has 0 saturated carbocycles. The fraction of sp³-hybridized carbons (Fsp3) is 0.263. The van der Waals surface area contributed by atoms with Crippen LogP contribution in [0.5, 0.6) is 0 Å². The van der Waals surface area contributed by atoms with Crippen LogP contribution in [0.25, 0.3) is 0 Å². The Morgan fingerprint density at radius 1 is 1.04 bits per heavy atom. The molecule has 126 valence electrons. The van der Waals surface area contributed by atoms with Gasteiger partial charge < -0.3 is 10.5 Å². The van der Waals surface area contributed by atoms with Crippen molar-refractivity contribution in [2.45, 2.75) is 33.3 Å². The number of hydrogen-bond donors (Lipinski definition) is 1. The van der Waals surface area contributed by atoms with Crippen LogP contribution in [0.15, 0.2) is 48.5 Å². The van der Waals surface area contributed by atoms with Gasteiger partial charge >= 0.3 is 12.0 Å². The van der Waals surface area contributed by atoms with Gasteiger partial charge in [-0.05, 0) is 17.7 Å². The average molecular weight is 326 g/mol. The molecule has 2 amide bonds. The predicted octanol–water partition coefficient (Wildman–Crippen LogP) is 4.09. The van der Waals surface area contributed by atoms with Crippen LogP contribution in [-0.4, -0.2) is 12.0 Å². The number of nitrogens with two attached hydrogens (primary N) is 1. The summed E-state index contributed by atoms with van der Waals surface area (Å²) in [5.41, 5.74) is 8.63. The fourth-order valence-electron chi connectivity index (χ4n) is 2.85. The van der Waals surface area contributed by atoms with E-state index in [9.17, 15) is 9.59 Å². The molecular formula is C19H22N2O3. The first-order valence-electron chi connectivity index (χ1n) is 8.01. The van der Waals surface area contributed by atoms with E-state index in [1.807, 2.05) is 56.3 Å². The maximum Gasteiger partial charge on any atom is 0.323 e. The molecule has 0 bridgehead atoms. The van der Waals surface area contributed by atoms with Crippen molar-refractivity contribution in [2.24, 2.45) is 5.73 Å². The van der Waals surface area contributed by atoms with Crippen molar-refractivity contribution in [2.75, 3.05) is 4.90 Å². The molecule has 0 aliphatic carbocycles. The Morgan fingerprint density at radius 3 is 2.25 bits per heavy atom. The highest BCUT2D eigenvalue weighted by Gasteiger charge is 2.30. The number of rotatable bonds is 1. The summed E-state index contributed by atoms with van der Waals surface area (Å²) in [4.78, 5) is 24.9. The van der Waals surface area contributed by atoms with Crippen LogP contribution in [-0.2, 0) is 16.0 Å². The van der Waals surface area contributed by atoms with E-state index in [0.29, 0.717) is 12.1 Å². The summed E-state index contributed by atoms with van der Waals surface area (Å²) in [6, 6.07) is 14.3. The van der Waals surface area contributed by atoms with Gasteiger partial charge in [0.25, 0.3) is 0 Å². The first kappa shape index (κ1) is 17.5. The molecule has 24 heavy (non-hydrogen) atoms. The summed E-state index contributed by atoms with van der Waals surface area (Å²) in [5.74, 6) is -0.357. The second-order valence-electron chi connectivity index (χ2n) is 5.16. The largest absolute Gasteiger partial charge is 0.457 e. The van der Waals surface area contributed by atoms with Gasteiger partial charge in [0.05, 0.1) is 11.4 Å². The third-order valence-electron chi connectivity index (χ3n) is 3.69. The molecule has 0 radical (unpaired) electrons.